The number of carbonyl (C=O) groups is 1. The third-order valence-corrected chi connectivity index (χ3v) is 4.78. The van der Waals surface area contributed by atoms with Gasteiger partial charge in [-0.3, -0.25) is 9.48 Å². The second kappa shape index (κ2) is 6.57. The van der Waals surface area contributed by atoms with E-state index in [4.69, 9.17) is 0 Å². The van der Waals surface area contributed by atoms with Gasteiger partial charge in [-0.15, -0.1) is 11.3 Å². The van der Waals surface area contributed by atoms with E-state index in [1.54, 1.807) is 25.1 Å². The Bertz CT molecular complexity index is 898. The van der Waals surface area contributed by atoms with Gasteiger partial charge in [-0.2, -0.15) is 5.10 Å². The van der Waals surface area contributed by atoms with E-state index < -0.39 is 0 Å². The molecule has 3 aromatic rings. The van der Waals surface area contributed by atoms with Crippen LogP contribution in [0.15, 0.2) is 36.4 Å². The zero-order chi connectivity index (χ0) is 17.3. The Labute approximate surface area is 143 Å². The van der Waals surface area contributed by atoms with E-state index in [2.05, 4.69) is 10.4 Å². The zero-order valence-corrected chi connectivity index (χ0v) is 14.6. The van der Waals surface area contributed by atoms with Crippen molar-refractivity contribution in [2.45, 2.75) is 27.3 Å². The number of halogens is 1. The van der Waals surface area contributed by atoms with Gasteiger partial charge < -0.3 is 5.32 Å². The van der Waals surface area contributed by atoms with Crippen molar-refractivity contribution in [2.24, 2.45) is 0 Å². The molecule has 0 spiro atoms. The van der Waals surface area contributed by atoms with Gasteiger partial charge in [0.1, 0.15) is 5.82 Å². The highest BCUT2D eigenvalue weighted by Crippen LogP contribution is 2.21. The highest BCUT2D eigenvalue weighted by atomic mass is 32.1. The molecular weight excluding hydrogens is 325 g/mol. The molecule has 1 amide bonds. The van der Waals surface area contributed by atoms with Crippen molar-refractivity contribution in [1.29, 1.82) is 0 Å². The highest BCUT2D eigenvalue weighted by molar-refractivity contribution is 7.14. The monoisotopic (exact) mass is 343 g/mol. The zero-order valence-electron chi connectivity index (χ0n) is 13.8. The van der Waals surface area contributed by atoms with Gasteiger partial charge in [0, 0.05) is 16.3 Å². The molecule has 0 saturated heterocycles. The molecule has 0 saturated carbocycles. The van der Waals surface area contributed by atoms with Gasteiger partial charge in [0.05, 0.1) is 17.1 Å². The molecule has 6 heteroatoms. The van der Waals surface area contributed by atoms with Crippen LogP contribution in [0.2, 0.25) is 0 Å². The number of aromatic nitrogens is 2. The van der Waals surface area contributed by atoms with Crippen LogP contribution in [0.4, 0.5) is 10.1 Å². The van der Waals surface area contributed by atoms with Crippen molar-refractivity contribution in [2.75, 3.05) is 5.32 Å². The number of aryl methyl sites for hydroxylation is 3. The van der Waals surface area contributed by atoms with Crippen LogP contribution in [0.3, 0.4) is 0 Å². The fraction of sp³-hybridized carbons (Fsp3) is 0.222. The normalized spacial score (nSPS) is 10.8. The van der Waals surface area contributed by atoms with E-state index in [-0.39, 0.29) is 11.7 Å². The lowest BCUT2D eigenvalue weighted by Gasteiger charge is -2.05. The number of anilines is 1. The molecule has 0 fully saturated rings. The number of hydrogen-bond donors (Lipinski definition) is 1. The van der Waals surface area contributed by atoms with Crippen molar-refractivity contribution < 1.29 is 9.18 Å². The smallest absolute Gasteiger partial charge is 0.265 e. The molecule has 1 aromatic carbocycles. The third kappa shape index (κ3) is 3.54. The minimum atomic E-state index is -0.281. The number of amides is 1. The van der Waals surface area contributed by atoms with E-state index >= 15 is 0 Å². The van der Waals surface area contributed by atoms with Gasteiger partial charge in [0.15, 0.2) is 0 Å². The number of rotatable bonds is 4. The summed E-state index contributed by atoms with van der Waals surface area (Å²) in [6.07, 6.45) is 0. The quantitative estimate of drug-likeness (QED) is 0.767. The molecule has 4 nitrogen and oxygen atoms in total. The summed E-state index contributed by atoms with van der Waals surface area (Å²) in [5, 5.41) is 7.23. The summed E-state index contributed by atoms with van der Waals surface area (Å²) in [6, 6.07) is 10.3. The number of benzene rings is 1. The van der Waals surface area contributed by atoms with Gasteiger partial charge >= 0.3 is 0 Å². The maximum atomic E-state index is 13.3. The maximum absolute atomic E-state index is 13.3. The van der Waals surface area contributed by atoms with Gasteiger partial charge in [-0.05, 0) is 62.7 Å². The first-order valence-corrected chi connectivity index (χ1v) is 8.41. The lowest BCUT2D eigenvalue weighted by molar-refractivity contribution is 0.103. The van der Waals surface area contributed by atoms with E-state index in [1.807, 2.05) is 30.7 Å². The van der Waals surface area contributed by atoms with Crippen LogP contribution in [0.1, 0.15) is 31.5 Å². The molecule has 0 aliphatic rings. The molecule has 0 bridgehead atoms. The van der Waals surface area contributed by atoms with Crippen molar-refractivity contribution in [3.63, 3.8) is 0 Å². The second-order valence-electron chi connectivity index (χ2n) is 5.77. The van der Waals surface area contributed by atoms with Crippen molar-refractivity contribution in [3.8, 4) is 0 Å². The first kappa shape index (κ1) is 16.4. The standard InChI is InChI=1S/C18H18FN3OS/c1-11-8-14(4-6-16(11)19)20-18(23)17-7-5-15(24-17)10-22-13(3)9-12(2)21-22/h4-9H,10H2,1-3H3,(H,20,23). The van der Waals surface area contributed by atoms with Crippen LogP contribution in [-0.2, 0) is 6.54 Å². The van der Waals surface area contributed by atoms with Crippen molar-refractivity contribution >= 4 is 22.9 Å². The van der Waals surface area contributed by atoms with E-state index in [9.17, 15) is 9.18 Å². The summed E-state index contributed by atoms with van der Waals surface area (Å²) in [6.45, 7) is 6.29. The third-order valence-electron chi connectivity index (χ3n) is 3.71. The van der Waals surface area contributed by atoms with Gasteiger partial charge in [0.25, 0.3) is 5.91 Å². The SMILES string of the molecule is Cc1cc(C)n(Cc2ccc(C(=O)Nc3ccc(F)c(C)c3)s2)n1. The Morgan fingerprint density at radius 2 is 2.00 bits per heavy atom. The number of thiophene rings is 1. The molecule has 0 unspecified atom stereocenters. The highest BCUT2D eigenvalue weighted by Gasteiger charge is 2.11. The Kier molecular flexibility index (Phi) is 4.49. The predicted octanol–water partition coefficient (Wildman–Crippen LogP) is 4.31. The van der Waals surface area contributed by atoms with Crippen LogP contribution < -0.4 is 5.32 Å². The fourth-order valence-electron chi connectivity index (χ4n) is 2.48. The van der Waals surface area contributed by atoms with Gasteiger partial charge in [-0.1, -0.05) is 0 Å². The van der Waals surface area contributed by atoms with Gasteiger partial charge in [0.2, 0.25) is 0 Å². The predicted molar refractivity (Wildman–Crippen MR) is 94.2 cm³/mol. The number of nitrogens with one attached hydrogen (secondary N) is 1. The minimum Gasteiger partial charge on any atom is -0.321 e. The summed E-state index contributed by atoms with van der Waals surface area (Å²) in [5.41, 5.74) is 3.17. The molecule has 3 rings (SSSR count). The summed E-state index contributed by atoms with van der Waals surface area (Å²) in [4.78, 5) is 14.0. The molecule has 24 heavy (non-hydrogen) atoms. The minimum absolute atomic E-state index is 0.189. The summed E-state index contributed by atoms with van der Waals surface area (Å²) in [7, 11) is 0. The van der Waals surface area contributed by atoms with Crippen LogP contribution in [0.5, 0.6) is 0 Å². The lowest BCUT2D eigenvalue weighted by atomic mass is 10.2. The molecule has 2 aromatic heterocycles. The summed E-state index contributed by atoms with van der Waals surface area (Å²) >= 11 is 1.43. The van der Waals surface area contributed by atoms with Crippen LogP contribution in [0, 0.1) is 26.6 Å². The first-order chi connectivity index (χ1) is 11.4. The number of hydrogen-bond acceptors (Lipinski definition) is 3. The second-order valence-corrected chi connectivity index (χ2v) is 6.94. The average molecular weight is 343 g/mol. The molecule has 0 aliphatic heterocycles. The summed E-state index contributed by atoms with van der Waals surface area (Å²) in [5.74, 6) is -0.470. The van der Waals surface area contributed by atoms with E-state index in [0.29, 0.717) is 22.7 Å². The van der Waals surface area contributed by atoms with Crippen LogP contribution >= 0.6 is 11.3 Å². The van der Waals surface area contributed by atoms with E-state index in [0.717, 1.165) is 16.3 Å². The van der Waals surface area contributed by atoms with Crippen LogP contribution in [-0.4, -0.2) is 15.7 Å². The van der Waals surface area contributed by atoms with Crippen LogP contribution in [0.25, 0.3) is 0 Å². The Morgan fingerprint density at radius 1 is 1.21 bits per heavy atom. The molecular formula is C18H18FN3OS. The molecule has 0 radical (unpaired) electrons. The molecule has 0 atom stereocenters. The Balaban J connectivity index is 1.71. The average Bonchev–Trinajstić information content (AvgIpc) is 3.10. The molecule has 124 valence electrons. The van der Waals surface area contributed by atoms with Gasteiger partial charge in [-0.25, -0.2) is 4.39 Å². The molecule has 1 N–H and O–H groups in total. The fourth-order valence-corrected chi connectivity index (χ4v) is 3.37. The topological polar surface area (TPSA) is 46.9 Å². The first-order valence-electron chi connectivity index (χ1n) is 7.59. The lowest BCUT2D eigenvalue weighted by Crippen LogP contribution is -2.10. The molecule has 0 aliphatic carbocycles. The number of nitrogens with zero attached hydrogens (tertiary/aromatic N) is 2. The number of carbonyl (C=O) groups excluding carboxylic acids is 1. The Hall–Kier alpha value is -2.47. The van der Waals surface area contributed by atoms with Crippen molar-refractivity contribution in [1.82, 2.24) is 9.78 Å². The maximum Gasteiger partial charge on any atom is 0.265 e. The largest absolute Gasteiger partial charge is 0.321 e. The molecule has 2 heterocycles. The van der Waals surface area contributed by atoms with Crippen molar-refractivity contribution in [3.05, 3.63) is 68.9 Å². The van der Waals surface area contributed by atoms with E-state index in [1.165, 1.54) is 17.4 Å². The Morgan fingerprint density at radius 3 is 2.67 bits per heavy atom. The summed E-state index contributed by atoms with van der Waals surface area (Å²) < 4.78 is 15.2.